The summed E-state index contributed by atoms with van der Waals surface area (Å²) in [6.45, 7) is 8.28. The zero-order valence-corrected chi connectivity index (χ0v) is 13.4. The highest BCUT2D eigenvalue weighted by molar-refractivity contribution is 6.11. The number of rotatable bonds is 4. The van der Waals surface area contributed by atoms with Gasteiger partial charge in [0.1, 0.15) is 5.75 Å². The smallest absolute Gasteiger partial charge is 0.196 e. The Kier molecular flexibility index (Phi) is 4.46. The molecule has 21 heavy (non-hydrogen) atoms. The van der Waals surface area contributed by atoms with E-state index in [-0.39, 0.29) is 5.78 Å². The van der Waals surface area contributed by atoms with Crippen molar-refractivity contribution in [1.29, 1.82) is 0 Å². The molecule has 0 aliphatic carbocycles. The second-order valence-corrected chi connectivity index (χ2v) is 5.69. The predicted molar refractivity (Wildman–Crippen MR) is 86.4 cm³/mol. The third-order valence-electron chi connectivity index (χ3n) is 3.97. The Morgan fingerprint density at radius 3 is 2.14 bits per heavy atom. The minimum atomic E-state index is 0.00487. The molecule has 2 rings (SSSR count). The van der Waals surface area contributed by atoms with Crippen molar-refractivity contribution in [3.8, 4) is 5.75 Å². The van der Waals surface area contributed by atoms with Crippen LogP contribution in [0, 0.1) is 13.8 Å². The van der Waals surface area contributed by atoms with E-state index in [1.54, 1.807) is 7.11 Å². The number of hydrogen-bond acceptors (Lipinski definition) is 2. The zero-order valence-electron chi connectivity index (χ0n) is 13.4. The lowest BCUT2D eigenvalue weighted by molar-refractivity contribution is 0.103. The van der Waals surface area contributed by atoms with Gasteiger partial charge >= 0.3 is 0 Å². The van der Waals surface area contributed by atoms with E-state index < -0.39 is 0 Å². The van der Waals surface area contributed by atoms with Gasteiger partial charge in [0.2, 0.25) is 0 Å². The monoisotopic (exact) mass is 282 g/mol. The fraction of sp³-hybridized carbons (Fsp3) is 0.316. The number of methoxy groups -OCH3 is 1. The first-order valence-electron chi connectivity index (χ1n) is 7.24. The largest absolute Gasteiger partial charge is 0.496 e. The van der Waals surface area contributed by atoms with Gasteiger partial charge in [-0.2, -0.15) is 0 Å². The molecule has 110 valence electrons. The third kappa shape index (κ3) is 2.99. The van der Waals surface area contributed by atoms with Gasteiger partial charge in [-0.15, -0.1) is 0 Å². The zero-order chi connectivity index (χ0) is 15.6. The van der Waals surface area contributed by atoms with Gasteiger partial charge in [-0.3, -0.25) is 4.79 Å². The fourth-order valence-electron chi connectivity index (χ4n) is 2.41. The summed E-state index contributed by atoms with van der Waals surface area (Å²) in [6.07, 6.45) is 0. The Labute approximate surface area is 126 Å². The molecule has 0 aromatic heterocycles. The van der Waals surface area contributed by atoms with Crippen LogP contribution >= 0.6 is 0 Å². The Hall–Kier alpha value is -2.09. The van der Waals surface area contributed by atoms with Crippen molar-refractivity contribution >= 4 is 5.78 Å². The first kappa shape index (κ1) is 15.3. The fourth-order valence-corrected chi connectivity index (χ4v) is 2.41. The molecule has 0 spiro atoms. The lowest BCUT2D eigenvalue weighted by Crippen LogP contribution is -2.06. The topological polar surface area (TPSA) is 26.3 Å². The molecule has 0 atom stereocenters. The maximum absolute atomic E-state index is 12.7. The summed E-state index contributed by atoms with van der Waals surface area (Å²) >= 11 is 0. The average molecular weight is 282 g/mol. The van der Waals surface area contributed by atoms with E-state index in [4.69, 9.17) is 4.74 Å². The predicted octanol–water partition coefficient (Wildman–Crippen LogP) is 4.67. The van der Waals surface area contributed by atoms with Crippen LogP contribution in [0.1, 0.15) is 52.4 Å². The van der Waals surface area contributed by atoms with Gasteiger partial charge < -0.3 is 4.74 Å². The summed E-state index contributed by atoms with van der Waals surface area (Å²) in [4.78, 5) is 12.7. The molecule has 0 saturated heterocycles. The van der Waals surface area contributed by atoms with Crippen LogP contribution in [0.3, 0.4) is 0 Å². The average Bonchev–Trinajstić information content (AvgIpc) is 2.49. The van der Waals surface area contributed by atoms with Crippen molar-refractivity contribution in [3.63, 3.8) is 0 Å². The molecule has 0 saturated carbocycles. The summed E-state index contributed by atoms with van der Waals surface area (Å²) in [6, 6.07) is 11.6. The summed E-state index contributed by atoms with van der Waals surface area (Å²) in [5, 5.41) is 0. The molecule has 0 radical (unpaired) electrons. The quantitative estimate of drug-likeness (QED) is 0.762. The minimum Gasteiger partial charge on any atom is -0.496 e. The van der Waals surface area contributed by atoms with E-state index in [9.17, 15) is 4.79 Å². The molecular weight excluding hydrogens is 260 g/mol. The molecule has 0 fully saturated rings. The van der Waals surface area contributed by atoms with Crippen LogP contribution in [0.15, 0.2) is 36.4 Å². The Morgan fingerprint density at radius 1 is 1.00 bits per heavy atom. The molecule has 0 N–H and O–H groups in total. The van der Waals surface area contributed by atoms with Gasteiger partial charge in [0.05, 0.1) is 12.7 Å². The van der Waals surface area contributed by atoms with E-state index >= 15 is 0 Å². The molecule has 0 amide bonds. The third-order valence-corrected chi connectivity index (χ3v) is 3.97. The second-order valence-electron chi connectivity index (χ2n) is 5.69. The van der Waals surface area contributed by atoms with Gasteiger partial charge in [0.15, 0.2) is 5.78 Å². The highest BCUT2D eigenvalue weighted by Crippen LogP contribution is 2.28. The first-order valence-corrected chi connectivity index (χ1v) is 7.24. The summed E-state index contributed by atoms with van der Waals surface area (Å²) in [5.74, 6) is 1.14. The highest BCUT2D eigenvalue weighted by Gasteiger charge is 2.17. The molecular formula is C19H22O2. The van der Waals surface area contributed by atoms with Crippen LogP contribution < -0.4 is 4.74 Å². The number of aryl methyl sites for hydroxylation is 1. The van der Waals surface area contributed by atoms with E-state index in [0.717, 1.165) is 11.1 Å². The van der Waals surface area contributed by atoms with Crippen molar-refractivity contribution in [2.45, 2.75) is 33.6 Å². The van der Waals surface area contributed by atoms with Gasteiger partial charge in [-0.1, -0.05) is 44.2 Å². The Morgan fingerprint density at radius 2 is 1.62 bits per heavy atom. The van der Waals surface area contributed by atoms with Crippen molar-refractivity contribution in [1.82, 2.24) is 0 Å². The van der Waals surface area contributed by atoms with E-state index in [1.165, 1.54) is 5.56 Å². The van der Waals surface area contributed by atoms with Crippen LogP contribution in [-0.2, 0) is 0 Å². The molecule has 2 nitrogen and oxygen atoms in total. The Balaban J connectivity index is 2.42. The van der Waals surface area contributed by atoms with Crippen molar-refractivity contribution in [3.05, 3.63) is 64.2 Å². The molecule has 0 unspecified atom stereocenters. The Bertz CT molecular complexity index is 652. The van der Waals surface area contributed by atoms with Crippen molar-refractivity contribution in [2.24, 2.45) is 0 Å². The number of hydrogen-bond donors (Lipinski definition) is 0. The number of carbonyl (C=O) groups is 1. The van der Waals surface area contributed by atoms with Crippen LogP contribution in [-0.4, -0.2) is 12.9 Å². The molecule has 0 aliphatic heterocycles. The normalized spacial score (nSPS) is 10.8. The molecule has 0 heterocycles. The molecule has 2 heteroatoms. The maximum Gasteiger partial charge on any atom is 0.196 e. The van der Waals surface area contributed by atoms with Gasteiger partial charge in [-0.05, 0) is 42.5 Å². The van der Waals surface area contributed by atoms with Crippen molar-refractivity contribution < 1.29 is 9.53 Å². The van der Waals surface area contributed by atoms with Crippen LogP contribution in [0.5, 0.6) is 5.75 Å². The van der Waals surface area contributed by atoms with Gasteiger partial charge in [-0.25, -0.2) is 0 Å². The molecule has 2 aromatic rings. The molecule has 2 aromatic carbocycles. The summed E-state index contributed by atoms with van der Waals surface area (Å²) in [7, 11) is 1.61. The lowest BCUT2D eigenvalue weighted by Gasteiger charge is -2.13. The van der Waals surface area contributed by atoms with Crippen LogP contribution in [0.2, 0.25) is 0 Å². The molecule has 0 aliphatic rings. The van der Waals surface area contributed by atoms with E-state index in [1.807, 2.05) is 50.2 Å². The maximum atomic E-state index is 12.7. The van der Waals surface area contributed by atoms with Crippen molar-refractivity contribution in [2.75, 3.05) is 7.11 Å². The summed E-state index contributed by atoms with van der Waals surface area (Å²) < 4.78 is 5.44. The number of ketones is 1. The number of benzene rings is 2. The van der Waals surface area contributed by atoms with E-state index in [2.05, 4.69) is 13.8 Å². The minimum absolute atomic E-state index is 0.00487. The van der Waals surface area contributed by atoms with Crippen LogP contribution in [0.25, 0.3) is 0 Å². The van der Waals surface area contributed by atoms with Gasteiger partial charge in [0.25, 0.3) is 0 Å². The number of ether oxygens (including phenoxy) is 1. The summed E-state index contributed by atoms with van der Waals surface area (Å²) in [5.41, 5.74) is 4.69. The van der Waals surface area contributed by atoms with Crippen LogP contribution in [0.4, 0.5) is 0 Å². The van der Waals surface area contributed by atoms with Gasteiger partial charge in [0, 0.05) is 5.56 Å². The standard InChI is InChI=1S/C19H22O2/c1-12(2)15-7-9-16(10-8-15)18(20)17-11-6-13(3)14(4)19(17)21-5/h6-12H,1-5H3. The first-order chi connectivity index (χ1) is 9.95. The highest BCUT2D eigenvalue weighted by atomic mass is 16.5. The lowest BCUT2D eigenvalue weighted by atomic mass is 9.95. The SMILES string of the molecule is COc1c(C(=O)c2ccc(C(C)C)cc2)ccc(C)c1C. The molecule has 0 bridgehead atoms. The number of carbonyl (C=O) groups excluding carboxylic acids is 1. The second kappa shape index (κ2) is 6.13. The van der Waals surface area contributed by atoms with E-state index in [0.29, 0.717) is 22.8 Å².